The van der Waals surface area contributed by atoms with Gasteiger partial charge < -0.3 is 39.6 Å². The number of nitrogens with one attached hydrogen (secondary N) is 4. The molecule has 0 aromatic rings. The maximum atomic E-state index is 13.1. The van der Waals surface area contributed by atoms with Crippen molar-refractivity contribution < 1.29 is 38.1 Å². The molecule has 2 aliphatic heterocycles. The van der Waals surface area contributed by atoms with Crippen LogP contribution in [0.4, 0.5) is 9.59 Å². The van der Waals surface area contributed by atoms with Crippen LogP contribution in [0.25, 0.3) is 0 Å². The summed E-state index contributed by atoms with van der Waals surface area (Å²) in [6.45, 7) is 12.1. The SMILES string of the molecule is COC1C(OC(=O)N[C@@H](COC(=O)NCCCCCCNC(=O)CNS)C(C)C)CCC2(CO2)C1[C@]1(C)OC1CC=C(C)C. The first-order valence-corrected chi connectivity index (χ1v) is 16.4. The molecule has 12 nitrogen and oxygen atoms in total. The van der Waals surface area contributed by atoms with Crippen molar-refractivity contribution in [3.8, 4) is 0 Å². The number of allylic oxidation sites excluding steroid dienone is 1. The molecule has 0 aromatic carbocycles. The third-order valence-electron chi connectivity index (χ3n) is 8.93. The van der Waals surface area contributed by atoms with Gasteiger partial charge in [0.2, 0.25) is 5.91 Å². The highest BCUT2D eigenvalue weighted by atomic mass is 32.1. The molecular weight excluding hydrogens is 588 g/mol. The highest BCUT2D eigenvalue weighted by Crippen LogP contribution is 2.59. The number of thiol groups is 1. The van der Waals surface area contributed by atoms with Gasteiger partial charge in [0, 0.05) is 20.2 Å². The molecule has 3 fully saturated rings. The lowest BCUT2D eigenvalue weighted by Gasteiger charge is -2.42. The molecule has 1 spiro atoms. The highest BCUT2D eigenvalue weighted by Gasteiger charge is 2.72. The fourth-order valence-electron chi connectivity index (χ4n) is 6.17. The zero-order valence-electron chi connectivity index (χ0n) is 27.2. The van der Waals surface area contributed by atoms with E-state index in [9.17, 15) is 14.4 Å². The number of epoxide rings is 2. The lowest BCUT2D eigenvalue weighted by Crippen LogP contribution is -2.56. The summed E-state index contributed by atoms with van der Waals surface area (Å²) < 4.78 is 32.1. The number of hydrogen-bond acceptors (Lipinski definition) is 10. The number of hydrogen-bond donors (Lipinski definition) is 5. The van der Waals surface area contributed by atoms with E-state index in [1.54, 1.807) is 7.11 Å². The molecular formula is C31H54N4O8S. The van der Waals surface area contributed by atoms with Crippen LogP contribution in [-0.2, 0) is 28.5 Å². The molecule has 0 aromatic heterocycles. The Morgan fingerprint density at radius 1 is 1.07 bits per heavy atom. The van der Waals surface area contributed by atoms with Gasteiger partial charge in [0.05, 0.1) is 31.2 Å². The van der Waals surface area contributed by atoms with Gasteiger partial charge in [-0.3, -0.25) is 9.52 Å². The summed E-state index contributed by atoms with van der Waals surface area (Å²) in [5, 5.41) is 8.45. The van der Waals surface area contributed by atoms with Crippen molar-refractivity contribution in [1.29, 1.82) is 0 Å². The molecule has 44 heavy (non-hydrogen) atoms. The molecule has 3 amide bonds. The Morgan fingerprint density at radius 2 is 1.75 bits per heavy atom. The Bertz CT molecular complexity index is 990. The molecule has 2 heterocycles. The molecule has 252 valence electrons. The van der Waals surface area contributed by atoms with E-state index >= 15 is 0 Å². The standard InChI is InChI=1S/C31H54N4O8S/c1-20(2)11-12-24-30(5,43-24)27-26(39-6)23(13-14-31(27)19-41-31)42-29(38)35-22(21(3)4)18-40-28(37)33-16-10-8-7-9-15-32-25(36)17-34-44/h11,21-24,26-27,34,44H,7-10,12-19H2,1-6H3,(H,32,36)(H,33,37)(H,35,38)/t22-,23?,24?,26?,27?,30+,31?/m0/s1. The van der Waals surface area contributed by atoms with Crippen molar-refractivity contribution in [3.63, 3.8) is 0 Å². The summed E-state index contributed by atoms with van der Waals surface area (Å²) in [5.41, 5.74) is 0.541. The van der Waals surface area contributed by atoms with Crippen molar-refractivity contribution in [2.45, 2.75) is 115 Å². The second-order valence-electron chi connectivity index (χ2n) is 12.9. The summed E-state index contributed by atoms with van der Waals surface area (Å²) in [5.74, 6) is -0.136. The molecule has 5 unspecified atom stereocenters. The molecule has 1 aliphatic carbocycles. The number of rotatable bonds is 18. The van der Waals surface area contributed by atoms with E-state index < -0.39 is 29.9 Å². The van der Waals surface area contributed by atoms with Gasteiger partial charge >= 0.3 is 12.2 Å². The molecule has 3 aliphatic rings. The van der Waals surface area contributed by atoms with Gasteiger partial charge in [-0.1, -0.05) is 51.2 Å². The minimum absolute atomic E-state index is 0.00875. The van der Waals surface area contributed by atoms with Gasteiger partial charge in [0.15, 0.2) is 0 Å². The lowest BCUT2D eigenvalue weighted by molar-refractivity contribution is -0.119. The molecule has 4 N–H and O–H groups in total. The van der Waals surface area contributed by atoms with Crippen molar-refractivity contribution in [2.75, 3.05) is 40.0 Å². The zero-order chi connectivity index (χ0) is 32.3. The monoisotopic (exact) mass is 642 g/mol. The third-order valence-corrected chi connectivity index (χ3v) is 9.09. The molecule has 1 saturated carbocycles. The molecule has 3 rings (SSSR count). The van der Waals surface area contributed by atoms with E-state index in [1.165, 1.54) is 5.57 Å². The average molecular weight is 643 g/mol. The number of unbranched alkanes of at least 4 members (excludes halogenated alkanes) is 3. The minimum Gasteiger partial charge on any atom is -0.447 e. The second-order valence-corrected chi connectivity index (χ2v) is 13.3. The number of carbonyl (C=O) groups is 3. The Kier molecular flexibility index (Phi) is 14.1. The van der Waals surface area contributed by atoms with Crippen LogP contribution in [0.2, 0.25) is 0 Å². The Morgan fingerprint density at radius 3 is 2.34 bits per heavy atom. The van der Waals surface area contributed by atoms with Crippen molar-refractivity contribution in [1.82, 2.24) is 20.7 Å². The first-order valence-electron chi connectivity index (χ1n) is 15.9. The van der Waals surface area contributed by atoms with Crippen LogP contribution in [-0.4, -0.2) is 93.6 Å². The minimum atomic E-state index is -0.563. The summed E-state index contributed by atoms with van der Waals surface area (Å²) in [6.07, 6.45) is 6.10. The van der Waals surface area contributed by atoms with Gasteiger partial charge in [-0.15, -0.1) is 0 Å². The van der Waals surface area contributed by atoms with E-state index in [0.29, 0.717) is 26.1 Å². The Balaban J connectivity index is 1.40. The fourth-order valence-corrected chi connectivity index (χ4v) is 6.31. The van der Waals surface area contributed by atoms with Crippen LogP contribution in [0.1, 0.15) is 79.6 Å². The maximum absolute atomic E-state index is 13.1. The topological polar surface area (TPSA) is 152 Å². The molecule has 7 atom stereocenters. The van der Waals surface area contributed by atoms with Crippen molar-refractivity contribution >= 4 is 30.9 Å². The summed E-state index contributed by atoms with van der Waals surface area (Å²) in [6, 6.07) is -0.419. The number of alkyl carbamates (subject to hydrolysis) is 2. The van der Waals surface area contributed by atoms with Gasteiger partial charge in [-0.25, -0.2) is 9.59 Å². The fraction of sp³-hybridized carbons (Fsp3) is 0.839. The molecule has 0 radical (unpaired) electrons. The Labute approximate surface area is 268 Å². The van der Waals surface area contributed by atoms with Crippen LogP contribution in [0.5, 0.6) is 0 Å². The lowest BCUT2D eigenvalue weighted by atomic mass is 9.68. The zero-order valence-corrected chi connectivity index (χ0v) is 28.1. The summed E-state index contributed by atoms with van der Waals surface area (Å²) in [4.78, 5) is 36.7. The van der Waals surface area contributed by atoms with Gasteiger partial charge in [-0.2, -0.15) is 0 Å². The van der Waals surface area contributed by atoms with E-state index in [4.69, 9.17) is 23.7 Å². The molecule has 13 heteroatoms. The Hall–Kier alpha value is -2.06. The van der Waals surface area contributed by atoms with Crippen LogP contribution in [0.3, 0.4) is 0 Å². The second kappa shape index (κ2) is 17.0. The van der Waals surface area contributed by atoms with Crippen molar-refractivity contribution in [2.24, 2.45) is 11.8 Å². The van der Waals surface area contributed by atoms with E-state index in [2.05, 4.69) is 60.3 Å². The average Bonchev–Trinajstić information content (AvgIpc) is 3.88. The molecule has 0 bridgehead atoms. The first kappa shape index (κ1) is 36.4. The van der Waals surface area contributed by atoms with Crippen molar-refractivity contribution in [3.05, 3.63) is 11.6 Å². The number of carbonyl (C=O) groups excluding carboxylic acids is 3. The van der Waals surface area contributed by atoms with E-state index in [1.807, 2.05) is 13.8 Å². The summed E-state index contributed by atoms with van der Waals surface area (Å²) >= 11 is 3.80. The predicted octanol–water partition coefficient (Wildman–Crippen LogP) is 3.65. The van der Waals surface area contributed by atoms with E-state index in [-0.39, 0.29) is 48.7 Å². The maximum Gasteiger partial charge on any atom is 0.407 e. The normalized spacial score (nSPS) is 29.5. The number of amides is 3. The van der Waals surface area contributed by atoms with Crippen LogP contribution >= 0.6 is 12.8 Å². The highest BCUT2D eigenvalue weighted by molar-refractivity contribution is 7.78. The van der Waals surface area contributed by atoms with Crippen LogP contribution in [0, 0.1) is 11.8 Å². The van der Waals surface area contributed by atoms with Crippen LogP contribution < -0.4 is 20.7 Å². The number of methoxy groups -OCH3 is 1. The third kappa shape index (κ3) is 10.5. The van der Waals surface area contributed by atoms with Gasteiger partial charge in [-0.05, 0) is 58.8 Å². The largest absolute Gasteiger partial charge is 0.447 e. The first-order chi connectivity index (χ1) is 21.0. The summed E-state index contributed by atoms with van der Waals surface area (Å²) in [7, 11) is 1.65. The van der Waals surface area contributed by atoms with Gasteiger partial charge in [0.25, 0.3) is 0 Å². The van der Waals surface area contributed by atoms with Gasteiger partial charge in [0.1, 0.15) is 30.0 Å². The smallest absolute Gasteiger partial charge is 0.407 e. The predicted molar refractivity (Wildman–Crippen MR) is 169 cm³/mol. The van der Waals surface area contributed by atoms with Crippen LogP contribution in [0.15, 0.2) is 11.6 Å². The number of ether oxygens (including phenoxy) is 5. The van der Waals surface area contributed by atoms with E-state index in [0.717, 1.165) is 38.5 Å². The molecule has 2 saturated heterocycles. The quantitative estimate of drug-likeness (QED) is 0.0653.